The van der Waals surface area contributed by atoms with Crippen molar-refractivity contribution in [3.05, 3.63) is 29.8 Å². The number of nitrogens with zero attached hydrogens (tertiary/aromatic N) is 1. The number of rotatable bonds is 3. The Labute approximate surface area is 85.4 Å². The van der Waals surface area contributed by atoms with E-state index < -0.39 is 0 Å². The molecule has 1 heterocycles. The van der Waals surface area contributed by atoms with E-state index in [9.17, 15) is 4.39 Å². The quantitative estimate of drug-likeness (QED) is 0.715. The summed E-state index contributed by atoms with van der Waals surface area (Å²) in [5.41, 5.74) is 0.897. The van der Waals surface area contributed by atoms with Gasteiger partial charge in [0.2, 0.25) is 0 Å². The molecule has 0 aliphatic carbocycles. The molecule has 0 bridgehead atoms. The molecule has 0 aliphatic heterocycles. The van der Waals surface area contributed by atoms with Crippen molar-refractivity contribution in [2.75, 3.05) is 0 Å². The molecule has 78 valence electrons. The van der Waals surface area contributed by atoms with Crippen molar-refractivity contribution in [2.45, 2.75) is 40.0 Å². The first-order valence-electron chi connectivity index (χ1n) is 5.08. The Morgan fingerprint density at radius 3 is 2.64 bits per heavy atom. The van der Waals surface area contributed by atoms with Crippen LogP contribution in [-0.4, -0.2) is 4.98 Å². The van der Waals surface area contributed by atoms with E-state index in [0.717, 1.165) is 12.0 Å². The van der Waals surface area contributed by atoms with Crippen LogP contribution in [0.5, 0.6) is 0 Å². The molecular weight excluding hydrogens is 177 g/mol. The zero-order chi connectivity index (χ0) is 10.8. The van der Waals surface area contributed by atoms with E-state index >= 15 is 0 Å². The van der Waals surface area contributed by atoms with E-state index in [2.05, 4.69) is 32.7 Å². The molecule has 0 aromatic carbocycles. The first-order valence-corrected chi connectivity index (χ1v) is 5.08. The normalized spacial score (nSPS) is 14.1. The average Bonchev–Trinajstić information content (AvgIpc) is 2.17. The van der Waals surface area contributed by atoms with Gasteiger partial charge in [-0.1, -0.05) is 34.1 Å². The number of hydrogen-bond donors (Lipinski definition) is 0. The van der Waals surface area contributed by atoms with Crippen LogP contribution in [0.4, 0.5) is 4.39 Å². The minimum Gasteiger partial charge on any atom is -0.262 e. The van der Waals surface area contributed by atoms with Crippen molar-refractivity contribution >= 4 is 0 Å². The monoisotopic (exact) mass is 195 g/mol. The number of aromatic nitrogens is 1. The smallest absolute Gasteiger partial charge is 0.144 e. The van der Waals surface area contributed by atoms with Gasteiger partial charge in [-0.15, -0.1) is 0 Å². The lowest BCUT2D eigenvalue weighted by Gasteiger charge is -2.31. The lowest BCUT2D eigenvalue weighted by Crippen LogP contribution is -2.19. The summed E-state index contributed by atoms with van der Waals surface area (Å²) in [7, 11) is 0. The molecule has 0 amide bonds. The van der Waals surface area contributed by atoms with E-state index in [1.165, 1.54) is 6.20 Å². The third kappa shape index (κ3) is 2.11. The molecule has 0 fully saturated rings. The van der Waals surface area contributed by atoms with Gasteiger partial charge in [0.25, 0.3) is 0 Å². The molecule has 1 aromatic rings. The second-order valence-electron chi connectivity index (χ2n) is 4.46. The van der Waals surface area contributed by atoms with Crippen molar-refractivity contribution in [3.63, 3.8) is 0 Å². The Hall–Kier alpha value is -0.920. The van der Waals surface area contributed by atoms with E-state index in [1.807, 2.05) is 0 Å². The van der Waals surface area contributed by atoms with Gasteiger partial charge >= 0.3 is 0 Å². The topological polar surface area (TPSA) is 12.9 Å². The Morgan fingerprint density at radius 2 is 2.14 bits per heavy atom. The minimum absolute atomic E-state index is 0.127. The molecular formula is C12H18FN. The molecule has 0 saturated carbocycles. The highest BCUT2D eigenvalue weighted by molar-refractivity contribution is 5.19. The van der Waals surface area contributed by atoms with E-state index in [0.29, 0.717) is 0 Å². The molecule has 2 heteroatoms. The van der Waals surface area contributed by atoms with Crippen LogP contribution in [-0.2, 0) is 0 Å². The molecule has 1 aromatic heterocycles. The van der Waals surface area contributed by atoms with E-state index in [1.54, 1.807) is 12.3 Å². The second kappa shape index (κ2) is 4.07. The molecule has 1 unspecified atom stereocenters. The molecule has 0 spiro atoms. The predicted molar refractivity (Wildman–Crippen MR) is 56.7 cm³/mol. The summed E-state index contributed by atoms with van der Waals surface area (Å²) in [4.78, 5) is 3.76. The summed E-state index contributed by atoms with van der Waals surface area (Å²) < 4.78 is 13.4. The van der Waals surface area contributed by atoms with Gasteiger partial charge in [-0.05, 0) is 23.0 Å². The second-order valence-corrected chi connectivity index (χ2v) is 4.46. The predicted octanol–water partition coefficient (Wildman–Crippen LogP) is 3.76. The van der Waals surface area contributed by atoms with Gasteiger partial charge in [-0.3, -0.25) is 4.98 Å². The van der Waals surface area contributed by atoms with Crippen LogP contribution in [0.1, 0.15) is 45.6 Å². The van der Waals surface area contributed by atoms with Crippen molar-refractivity contribution in [1.29, 1.82) is 0 Å². The Morgan fingerprint density at radius 1 is 1.50 bits per heavy atom. The minimum atomic E-state index is -0.193. The maximum atomic E-state index is 13.4. The number of pyridine rings is 1. The summed E-state index contributed by atoms with van der Waals surface area (Å²) in [6.07, 6.45) is 3.98. The molecule has 0 aliphatic rings. The third-order valence-electron chi connectivity index (χ3n) is 3.35. The number of halogens is 1. The van der Waals surface area contributed by atoms with E-state index in [-0.39, 0.29) is 17.2 Å². The summed E-state index contributed by atoms with van der Waals surface area (Å²) in [5.74, 6) is 0.0250. The maximum absolute atomic E-state index is 13.4. The van der Waals surface area contributed by atoms with Gasteiger partial charge in [0, 0.05) is 6.20 Å². The number of hydrogen-bond acceptors (Lipinski definition) is 1. The van der Waals surface area contributed by atoms with Gasteiger partial charge in [0.05, 0.1) is 6.20 Å². The van der Waals surface area contributed by atoms with Gasteiger partial charge in [0.15, 0.2) is 0 Å². The van der Waals surface area contributed by atoms with Gasteiger partial charge in [-0.2, -0.15) is 0 Å². The van der Waals surface area contributed by atoms with E-state index in [4.69, 9.17) is 0 Å². The van der Waals surface area contributed by atoms with Crippen molar-refractivity contribution in [1.82, 2.24) is 4.98 Å². The van der Waals surface area contributed by atoms with Crippen molar-refractivity contribution < 1.29 is 4.39 Å². The zero-order valence-corrected chi connectivity index (χ0v) is 9.34. The molecule has 14 heavy (non-hydrogen) atoms. The highest BCUT2D eigenvalue weighted by Crippen LogP contribution is 2.38. The molecule has 0 N–H and O–H groups in total. The van der Waals surface area contributed by atoms with Crippen LogP contribution in [0.25, 0.3) is 0 Å². The van der Waals surface area contributed by atoms with Crippen LogP contribution in [0.2, 0.25) is 0 Å². The summed E-state index contributed by atoms with van der Waals surface area (Å²) >= 11 is 0. The Bertz CT molecular complexity index is 307. The first kappa shape index (κ1) is 11.2. The molecule has 0 radical (unpaired) electrons. The largest absolute Gasteiger partial charge is 0.262 e. The van der Waals surface area contributed by atoms with Crippen LogP contribution in [0.3, 0.4) is 0 Å². The lowest BCUT2D eigenvalue weighted by molar-refractivity contribution is 0.283. The molecule has 1 atom stereocenters. The maximum Gasteiger partial charge on any atom is 0.144 e. The highest BCUT2D eigenvalue weighted by atomic mass is 19.1. The van der Waals surface area contributed by atoms with Gasteiger partial charge < -0.3 is 0 Å². The molecule has 0 saturated heterocycles. The fourth-order valence-corrected chi connectivity index (χ4v) is 1.46. The Kier molecular flexibility index (Phi) is 3.25. The van der Waals surface area contributed by atoms with Crippen LogP contribution >= 0.6 is 0 Å². The van der Waals surface area contributed by atoms with Crippen molar-refractivity contribution in [3.8, 4) is 0 Å². The Balaban J connectivity index is 3.00. The highest BCUT2D eigenvalue weighted by Gasteiger charge is 2.26. The standard InChI is InChI=1S/C12H18FN/c1-5-12(3,4)9(2)10-6-7-14-8-11(10)13/h6-9H,5H2,1-4H3. The molecule has 1 nitrogen and oxygen atoms in total. The fourth-order valence-electron chi connectivity index (χ4n) is 1.46. The van der Waals surface area contributed by atoms with Crippen LogP contribution < -0.4 is 0 Å². The van der Waals surface area contributed by atoms with Crippen LogP contribution in [0, 0.1) is 11.2 Å². The summed E-state index contributed by atoms with van der Waals surface area (Å²) in [5, 5.41) is 0. The van der Waals surface area contributed by atoms with Crippen molar-refractivity contribution in [2.24, 2.45) is 5.41 Å². The summed E-state index contributed by atoms with van der Waals surface area (Å²) in [6.45, 7) is 8.53. The lowest BCUT2D eigenvalue weighted by atomic mass is 9.74. The third-order valence-corrected chi connectivity index (χ3v) is 3.35. The van der Waals surface area contributed by atoms with Crippen LogP contribution in [0.15, 0.2) is 18.5 Å². The first-order chi connectivity index (χ1) is 6.49. The van der Waals surface area contributed by atoms with Gasteiger partial charge in [0.1, 0.15) is 5.82 Å². The molecule has 1 rings (SSSR count). The average molecular weight is 195 g/mol. The fraction of sp³-hybridized carbons (Fsp3) is 0.583. The SMILES string of the molecule is CCC(C)(C)C(C)c1ccncc1F. The van der Waals surface area contributed by atoms with Gasteiger partial charge in [-0.25, -0.2) is 4.39 Å². The summed E-state index contributed by atoms with van der Waals surface area (Å²) in [6, 6.07) is 1.78. The zero-order valence-electron chi connectivity index (χ0n) is 9.34.